The number of hydrogen-bond acceptors (Lipinski definition) is 3. The highest BCUT2D eigenvalue weighted by molar-refractivity contribution is 5.83. The fourth-order valence-corrected chi connectivity index (χ4v) is 3.69. The van der Waals surface area contributed by atoms with Crippen molar-refractivity contribution in [3.05, 3.63) is 59.7 Å². The molecule has 1 fully saturated rings. The maximum absolute atomic E-state index is 12.2. The minimum absolute atomic E-state index is 0.379. The lowest BCUT2D eigenvalue weighted by molar-refractivity contribution is -0.145. The van der Waals surface area contributed by atoms with Crippen LogP contribution in [0.1, 0.15) is 43.2 Å². The zero-order valence-corrected chi connectivity index (χ0v) is 14.5. The molecule has 3 rings (SSSR count). The van der Waals surface area contributed by atoms with Gasteiger partial charge in [-0.05, 0) is 24.5 Å². The molecule has 1 saturated carbocycles. The van der Waals surface area contributed by atoms with Crippen molar-refractivity contribution in [1.82, 2.24) is 0 Å². The van der Waals surface area contributed by atoms with Crippen molar-refractivity contribution in [3.8, 4) is 11.5 Å². The Morgan fingerprint density at radius 1 is 1.04 bits per heavy atom. The molecule has 0 bridgehead atoms. The quantitative estimate of drug-likeness (QED) is 0.837. The molecule has 1 N–H and O–H groups in total. The van der Waals surface area contributed by atoms with Gasteiger partial charge in [-0.25, -0.2) is 0 Å². The largest absolute Gasteiger partial charge is 0.493 e. The van der Waals surface area contributed by atoms with E-state index in [4.69, 9.17) is 9.47 Å². The maximum Gasteiger partial charge on any atom is 0.314 e. The minimum Gasteiger partial charge on any atom is -0.493 e. The van der Waals surface area contributed by atoms with Gasteiger partial charge in [-0.1, -0.05) is 61.7 Å². The fourth-order valence-electron chi connectivity index (χ4n) is 3.69. The summed E-state index contributed by atoms with van der Waals surface area (Å²) < 4.78 is 11.6. The SMILES string of the molecule is COc1cccc(C2(C(=O)O)CCCCC2)c1OCc1ccccc1. The Bertz CT molecular complexity index is 718. The summed E-state index contributed by atoms with van der Waals surface area (Å²) in [5, 5.41) is 10.0. The lowest BCUT2D eigenvalue weighted by atomic mass is 9.69. The molecule has 0 spiro atoms. The van der Waals surface area contributed by atoms with E-state index in [-0.39, 0.29) is 0 Å². The van der Waals surface area contributed by atoms with E-state index >= 15 is 0 Å². The van der Waals surface area contributed by atoms with Crippen LogP contribution in [0.3, 0.4) is 0 Å². The molecule has 0 unspecified atom stereocenters. The number of methoxy groups -OCH3 is 1. The number of carbonyl (C=O) groups is 1. The second-order valence-corrected chi connectivity index (χ2v) is 6.56. The van der Waals surface area contributed by atoms with Crippen LogP contribution in [0.2, 0.25) is 0 Å². The van der Waals surface area contributed by atoms with Gasteiger partial charge >= 0.3 is 5.97 Å². The first kappa shape index (κ1) is 17.3. The summed E-state index contributed by atoms with van der Waals surface area (Å²) in [4.78, 5) is 12.2. The van der Waals surface area contributed by atoms with Gasteiger partial charge in [-0.2, -0.15) is 0 Å². The first-order valence-corrected chi connectivity index (χ1v) is 8.75. The third-order valence-electron chi connectivity index (χ3n) is 5.06. The van der Waals surface area contributed by atoms with E-state index in [0.29, 0.717) is 30.9 Å². The Balaban J connectivity index is 1.99. The third kappa shape index (κ3) is 3.48. The molecule has 0 radical (unpaired) electrons. The summed E-state index contributed by atoms with van der Waals surface area (Å²) in [5.74, 6) is 0.364. The summed E-state index contributed by atoms with van der Waals surface area (Å²) in [7, 11) is 1.59. The normalized spacial score (nSPS) is 16.2. The van der Waals surface area contributed by atoms with E-state index in [1.54, 1.807) is 7.11 Å². The topological polar surface area (TPSA) is 55.8 Å². The van der Waals surface area contributed by atoms with Crippen LogP contribution in [-0.2, 0) is 16.8 Å². The zero-order chi connectivity index (χ0) is 17.7. The van der Waals surface area contributed by atoms with Crippen LogP contribution in [0.15, 0.2) is 48.5 Å². The first-order chi connectivity index (χ1) is 12.2. The predicted octanol–water partition coefficient (Wildman–Crippen LogP) is 4.56. The number of benzene rings is 2. The molecular formula is C21H24O4. The van der Waals surface area contributed by atoms with Crippen LogP contribution in [0.5, 0.6) is 11.5 Å². The van der Waals surface area contributed by atoms with E-state index in [1.807, 2.05) is 48.5 Å². The van der Waals surface area contributed by atoms with Crippen molar-refractivity contribution in [1.29, 1.82) is 0 Å². The van der Waals surface area contributed by atoms with E-state index in [0.717, 1.165) is 30.4 Å². The number of ether oxygens (including phenoxy) is 2. The molecule has 4 heteroatoms. The van der Waals surface area contributed by atoms with Gasteiger partial charge in [0.2, 0.25) is 0 Å². The predicted molar refractivity (Wildman–Crippen MR) is 96.2 cm³/mol. The Morgan fingerprint density at radius 3 is 2.40 bits per heavy atom. The number of carboxylic acid groups (broad SMARTS) is 1. The maximum atomic E-state index is 12.2. The molecule has 25 heavy (non-hydrogen) atoms. The molecule has 1 aliphatic carbocycles. The average molecular weight is 340 g/mol. The Kier molecular flexibility index (Phi) is 5.27. The number of hydrogen-bond donors (Lipinski definition) is 1. The van der Waals surface area contributed by atoms with Crippen molar-refractivity contribution < 1.29 is 19.4 Å². The summed E-state index contributed by atoms with van der Waals surface area (Å²) in [6.45, 7) is 0.379. The van der Waals surface area contributed by atoms with Crippen molar-refractivity contribution >= 4 is 5.97 Å². The van der Waals surface area contributed by atoms with Crippen molar-refractivity contribution in [2.75, 3.05) is 7.11 Å². The van der Waals surface area contributed by atoms with Crippen LogP contribution in [-0.4, -0.2) is 18.2 Å². The number of aliphatic carboxylic acids is 1. The van der Waals surface area contributed by atoms with E-state index in [2.05, 4.69) is 0 Å². The molecule has 4 nitrogen and oxygen atoms in total. The summed E-state index contributed by atoms with van der Waals surface area (Å²) in [6, 6.07) is 15.4. The Labute approximate surface area is 148 Å². The third-order valence-corrected chi connectivity index (χ3v) is 5.06. The zero-order valence-electron chi connectivity index (χ0n) is 14.5. The van der Waals surface area contributed by atoms with Gasteiger partial charge in [0.1, 0.15) is 6.61 Å². The van der Waals surface area contributed by atoms with Crippen LogP contribution in [0, 0.1) is 0 Å². The highest BCUT2D eigenvalue weighted by Gasteiger charge is 2.44. The van der Waals surface area contributed by atoms with Gasteiger partial charge in [0, 0.05) is 5.56 Å². The molecule has 0 amide bonds. The van der Waals surface area contributed by atoms with Gasteiger partial charge in [-0.15, -0.1) is 0 Å². The molecular weight excluding hydrogens is 316 g/mol. The van der Waals surface area contributed by atoms with Gasteiger partial charge < -0.3 is 14.6 Å². The number of carboxylic acids is 1. The summed E-state index contributed by atoms with van der Waals surface area (Å²) in [6.07, 6.45) is 4.19. The van der Waals surface area contributed by atoms with Crippen LogP contribution >= 0.6 is 0 Å². The number of para-hydroxylation sites is 1. The van der Waals surface area contributed by atoms with E-state index < -0.39 is 11.4 Å². The van der Waals surface area contributed by atoms with Crippen LogP contribution < -0.4 is 9.47 Å². The monoisotopic (exact) mass is 340 g/mol. The van der Waals surface area contributed by atoms with Crippen molar-refractivity contribution in [3.63, 3.8) is 0 Å². The molecule has 2 aromatic carbocycles. The lowest BCUT2D eigenvalue weighted by Crippen LogP contribution is -2.38. The highest BCUT2D eigenvalue weighted by atomic mass is 16.5. The van der Waals surface area contributed by atoms with Crippen LogP contribution in [0.25, 0.3) is 0 Å². The fraction of sp³-hybridized carbons (Fsp3) is 0.381. The Hall–Kier alpha value is -2.49. The molecule has 0 aromatic heterocycles. The molecule has 2 aromatic rings. The van der Waals surface area contributed by atoms with Gasteiger partial charge in [-0.3, -0.25) is 4.79 Å². The molecule has 0 saturated heterocycles. The first-order valence-electron chi connectivity index (χ1n) is 8.75. The minimum atomic E-state index is -0.890. The smallest absolute Gasteiger partial charge is 0.314 e. The van der Waals surface area contributed by atoms with Gasteiger partial charge in [0.05, 0.1) is 12.5 Å². The highest BCUT2D eigenvalue weighted by Crippen LogP contribution is 2.46. The van der Waals surface area contributed by atoms with Crippen molar-refractivity contribution in [2.45, 2.75) is 44.1 Å². The van der Waals surface area contributed by atoms with E-state index in [9.17, 15) is 9.90 Å². The second kappa shape index (κ2) is 7.60. The molecule has 0 aliphatic heterocycles. The molecule has 0 atom stereocenters. The van der Waals surface area contributed by atoms with Crippen molar-refractivity contribution in [2.24, 2.45) is 0 Å². The number of rotatable bonds is 6. The Morgan fingerprint density at radius 2 is 1.76 bits per heavy atom. The molecule has 0 heterocycles. The van der Waals surface area contributed by atoms with Crippen LogP contribution in [0.4, 0.5) is 0 Å². The lowest BCUT2D eigenvalue weighted by Gasteiger charge is -2.35. The van der Waals surface area contributed by atoms with Gasteiger partial charge in [0.25, 0.3) is 0 Å². The van der Waals surface area contributed by atoms with Gasteiger partial charge in [0.15, 0.2) is 11.5 Å². The summed E-state index contributed by atoms with van der Waals surface area (Å²) in [5.41, 5.74) is 0.876. The van der Waals surface area contributed by atoms with E-state index in [1.165, 1.54) is 0 Å². The molecule has 1 aliphatic rings. The standard InChI is InChI=1S/C21H24O4/c1-24-18-12-8-11-17(21(20(22)23)13-6-3-7-14-21)19(18)25-15-16-9-4-2-5-10-16/h2,4-5,8-12H,3,6-7,13-15H2,1H3,(H,22,23). The average Bonchev–Trinajstić information content (AvgIpc) is 2.67. The molecule has 132 valence electrons. The summed E-state index contributed by atoms with van der Waals surface area (Å²) >= 11 is 0. The second-order valence-electron chi connectivity index (χ2n) is 6.56.